The summed E-state index contributed by atoms with van der Waals surface area (Å²) in [6.07, 6.45) is 2.36. The van der Waals surface area contributed by atoms with E-state index in [9.17, 15) is 0 Å². The standard InChI is InChI=1S/C13H20O2/c1-3-4-12-5-7-13(8-6-12)11-15-10-9-14-2/h5-8H,3-4,9-11H2,1-2H3. The Balaban J connectivity index is 2.29. The summed E-state index contributed by atoms with van der Waals surface area (Å²) in [5.74, 6) is 0. The van der Waals surface area contributed by atoms with Gasteiger partial charge in [0, 0.05) is 7.11 Å². The van der Waals surface area contributed by atoms with Gasteiger partial charge in [0.15, 0.2) is 0 Å². The van der Waals surface area contributed by atoms with Crippen molar-refractivity contribution in [3.8, 4) is 0 Å². The molecular weight excluding hydrogens is 188 g/mol. The van der Waals surface area contributed by atoms with Crippen molar-refractivity contribution in [1.82, 2.24) is 0 Å². The van der Waals surface area contributed by atoms with Gasteiger partial charge < -0.3 is 9.47 Å². The van der Waals surface area contributed by atoms with Crippen molar-refractivity contribution in [1.29, 1.82) is 0 Å². The minimum Gasteiger partial charge on any atom is -0.382 e. The summed E-state index contributed by atoms with van der Waals surface area (Å²) >= 11 is 0. The fourth-order valence-corrected chi connectivity index (χ4v) is 1.42. The van der Waals surface area contributed by atoms with Crippen LogP contribution in [0.25, 0.3) is 0 Å². The zero-order chi connectivity index (χ0) is 10.9. The number of ether oxygens (including phenoxy) is 2. The van der Waals surface area contributed by atoms with Gasteiger partial charge in [-0.15, -0.1) is 0 Å². The van der Waals surface area contributed by atoms with Gasteiger partial charge in [0.25, 0.3) is 0 Å². The summed E-state index contributed by atoms with van der Waals surface area (Å²) in [7, 11) is 1.68. The molecule has 15 heavy (non-hydrogen) atoms. The van der Waals surface area contributed by atoms with Gasteiger partial charge in [0.2, 0.25) is 0 Å². The number of aryl methyl sites for hydroxylation is 1. The Labute approximate surface area is 92.2 Å². The van der Waals surface area contributed by atoms with E-state index in [1.54, 1.807) is 7.11 Å². The molecule has 0 spiro atoms. The lowest BCUT2D eigenvalue weighted by Gasteiger charge is -2.04. The summed E-state index contributed by atoms with van der Waals surface area (Å²) in [6.45, 7) is 4.19. The molecule has 2 nitrogen and oxygen atoms in total. The third kappa shape index (κ3) is 4.96. The predicted octanol–water partition coefficient (Wildman–Crippen LogP) is 2.80. The van der Waals surface area contributed by atoms with Crippen LogP contribution in [0.1, 0.15) is 24.5 Å². The lowest BCUT2D eigenvalue weighted by molar-refractivity contribution is 0.0616. The molecule has 0 aliphatic rings. The first kappa shape index (κ1) is 12.2. The van der Waals surface area contributed by atoms with Crippen LogP contribution in [0.5, 0.6) is 0 Å². The van der Waals surface area contributed by atoms with Crippen LogP contribution in [0, 0.1) is 0 Å². The summed E-state index contributed by atoms with van der Waals surface area (Å²) in [6, 6.07) is 8.63. The van der Waals surface area contributed by atoms with Gasteiger partial charge in [-0.25, -0.2) is 0 Å². The SMILES string of the molecule is CCCc1ccc(COCCOC)cc1. The number of hydrogen-bond acceptors (Lipinski definition) is 2. The minimum absolute atomic E-state index is 0.660. The first-order valence-corrected chi connectivity index (χ1v) is 5.51. The zero-order valence-corrected chi connectivity index (χ0v) is 9.66. The van der Waals surface area contributed by atoms with Crippen molar-refractivity contribution in [2.75, 3.05) is 20.3 Å². The van der Waals surface area contributed by atoms with Crippen molar-refractivity contribution in [2.24, 2.45) is 0 Å². The highest BCUT2D eigenvalue weighted by atomic mass is 16.5. The highest BCUT2D eigenvalue weighted by molar-refractivity contribution is 5.22. The van der Waals surface area contributed by atoms with Crippen LogP contribution < -0.4 is 0 Å². The van der Waals surface area contributed by atoms with E-state index < -0.39 is 0 Å². The Kier molecular flexibility index (Phi) is 6.05. The smallest absolute Gasteiger partial charge is 0.0718 e. The molecule has 0 N–H and O–H groups in total. The summed E-state index contributed by atoms with van der Waals surface area (Å²) in [4.78, 5) is 0. The molecule has 0 heterocycles. The maximum absolute atomic E-state index is 5.43. The summed E-state index contributed by atoms with van der Waals surface area (Å²) in [5, 5.41) is 0. The maximum atomic E-state index is 5.43. The Morgan fingerprint density at radius 1 is 1.00 bits per heavy atom. The van der Waals surface area contributed by atoms with Crippen LogP contribution in [0.4, 0.5) is 0 Å². The molecule has 0 amide bonds. The van der Waals surface area contributed by atoms with Crippen LogP contribution >= 0.6 is 0 Å². The molecule has 2 heteroatoms. The van der Waals surface area contributed by atoms with Gasteiger partial charge in [0.1, 0.15) is 0 Å². The second-order valence-electron chi connectivity index (χ2n) is 3.61. The highest BCUT2D eigenvalue weighted by Gasteiger charge is 1.94. The lowest BCUT2D eigenvalue weighted by atomic mass is 10.1. The minimum atomic E-state index is 0.660. The molecule has 0 aliphatic carbocycles. The Hall–Kier alpha value is -0.860. The van der Waals surface area contributed by atoms with E-state index in [2.05, 4.69) is 31.2 Å². The quantitative estimate of drug-likeness (QED) is 0.641. The summed E-state index contributed by atoms with van der Waals surface area (Å²) in [5.41, 5.74) is 2.63. The van der Waals surface area contributed by atoms with E-state index in [0.717, 1.165) is 6.42 Å². The van der Waals surface area contributed by atoms with Gasteiger partial charge in [0.05, 0.1) is 19.8 Å². The average Bonchev–Trinajstić information content (AvgIpc) is 2.27. The molecule has 1 aromatic rings. The van der Waals surface area contributed by atoms with Gasteiger partial charge >= 0.3 is 0 Å². The molecule has 0 aromatic heterocycles. The third-order valence-electron chi connectivity index (χ3n) is 2.26. The second-order valence-corrected chi connectivity index (χ2v) is 3.61. The number of benzene rings is 1. The fourth-order valence-electron chi connectivity index (χ4n) is 1.42. The molecule has 0 aliphatic heterocycles. The topological polar surface area (TPSA) is 18.5 Å². The molecule has 1 aromatic carbocycles. The van der Waals surface area contributed by atoms with Gasteiger partial charge in [-0.1, -0.05) is 37.6 Å². The maximum Gasteiger partial charge on any atom is 0.0718 e. The van der Waals surface area contributed by atoms with Crippen LogP contribution in [-0.4, -0.2) is 20.3 Å². The van der Waals surface area contributed by atoms with Gasteiger partial charge in [-0.05, 0) is 17.5 Å². The molecule has 1 rings (SSSR count). The largest absolute Gasteiger partial charge is 0.382 e. The molecule has 0 bridgehead atoms. The van der Waals surface area contributed by atoms with Gasteiger partial charge in [-0.3, -0.25) is 0 Å². The molecule has 0 fully saturated rings. The molecule has 84 valence electrons. The van der Waals surface area contributed by atoms with Crippen LogP contribution in [0.3, 0.4) is 0 Å². The molecule has 0 unspecified atom stereocenters. The molecule has 0 atom stereocenters. The Morgan fingerprint density at radius 3 is 2.27 bits per heavy atom. The summed E-state index contributed by atoms with van der Waals surface area (Å²) < 4.78 is 10.3. The van der Waals surface area contributed by atoms with E-state index in [-0.39, 0.29) is 0 Å². The lowest BCUT2D eigenvalue weighted by Crippen LogP contribution is -2.01. The van der Waals surface area contributed by atoms with Crippen LogP contribution in [-0.2, 0) is 22.5 Å². The second kappa shape index (κ2) is 7.43. The van der Waals surface area contributed by atoms with Crippen LogP contribution in [0.15, 0.2) is 24.3 Å². The van der Waals surface area contributed by atoms with E-state index in [1.165, 1.54) is 17.5 Å². The van der Waals surface area contributed by atoms with Crippen LogP contribution in [0.2, 0.25) is 0 Å². The van der Waals surface area contributed by atoms with Crippen molar-refractivity contribution in [3.63, 3.8) is 0 Å². The van der Waals surface area contributed by atoms with E-state index in [4.69, 9.17) is 9.47 Å². The fraction of sp³-hybridized carbons (Fsp3) is 0.538. The van der Waals surface area contributed by atoms with Crippen molar-refractivity contribution in [2.45, 2.75) is 26.4 Å². The van der Waals surface area contributed by atoms with E-state index >= 15 is 0 Å². The first-order valence-electron chi connectivity index (χ1n) is 5.51. The van der Waals surface area contributed by atoms with Crippen molar-refractivity contribution in [3.05, 3.63) is 35.4 Å². The average molecular weight is 208 g/mol. The Morgan fingerprint density at radius 2 is 1.67 bits per heavy atom. The number of hydrogen-bond donors (Lipinski definition) is 0. The first-order chi connectivity index (χ1) is 7.36. The highest BCUT2D eigenvalue weighted by Crippen LogP contribution is 2.07. The number of methoxy groups -OCH3 is 1. The molecule has 0 radical (unpaired) electrons. The van der Waals surface area contributed by atoms with E-state index in [0.29, 0.717) is 19.8 Å². The van der Waals surface area contributed by atoms with Crippen molar-refractivity contribution < 1.29 is 9.47 Å². The van der Waals surface area contributed by atoms with E-state index in [1.807, 2.05) is 0 Å². The normalized spacial score (nSPS) is 10.5. The monoisotopic (exact) mass is 208 g/mol. The predicted molar refractivity (Wildman–Crippen MR) is 62.0 cm³/mol. The molecule has 0 saturated carbocycles. The third-order valence-corrected chi connectivity index (χ3v) is 2.26. The molecule has 0 saturated heterocycles. The Bertz CT molecular complexity index is 254. The number of rotatable bonds is 7. The van der Waals surface area contributed by atoms with Gasteiger partial charge in [-0.2, -0.15) is 0 Å². The molecular formula is C13H20O2. The van der Waals surface area contributed by atoms with Crippen molar-refractivity contribution >= 4 is 0 Å². The zero-order valence-electron chi connectivity index (χ0n) is 9.66.